The summed E-state index contributed by atoms with van der Waals surface area (Å²) in [6, 6.07) is 5.68. The number of nitrogens with one attached hydrogen (secondary N) is 1. The smallest absolute Gasteiger partial charge is 0.251 e. The first-order valence-corrected chi connectivity index (χ1v) is 8.12. The van der Waals surface area contributed by atoms with E-state index in [1.165, 1.54) is 6.42 Å². The van der Waals surface area contributed by atoms with E-state index < -0.39 is 0 Å². The largest absolute Gasteiger partial charge is 0.454 e. The van der Waals surface area contributed by atoms with Gasteiger partial charge in [-0.2, -0.15) is 0 Å². The van der Waals surface area contributed by atoms with Crippen molar-refractivity contribution < 1.29 is 14.3 Å². The maximum atomic E-state index is 12.4. The van der Waals surface area contributed by atoms with Crippen LogP contribution in [0.3, 0.4) is 0 Å². The Morgan fingerprint density at radius 2 is 2.26 bits per heavy atom. The second kappa shape index (κ2) is 5.78. The fraction of sp³-hybridized carbons (Fsp3) is 0.500. The summed E-state index contributed by atoms with van der Waals surface area (Å²) in [5.41, 5.74) is 0.603. The first-order chi connectivity index (χ1) is 11.2. The lowest BCUT2D eigenvalue weighted by Crippen LogP contribution is -2.56. The zero-order valence-electron chi connectivity index (χ0n) is 13.0. The minimum atomic E-state index is -0.0700. The molecule has 2 bridgehead atoms. The van der Waals surface area contributed by atoms with Crippen LogP contribution in [-0.2, 0) is 0 Å². The maximum absolute atomic E-state index is 12.4. The summed E-state index contributed by atoms with van der Waals surface area (Å²) in [5, 5.41) is 3.05. The van der Waals surface area contributed by atoms with Gasteiger partial charge in [0.1, 0.15) is 0 Å². The summed E-state index contributed by atoms with van der Waals surface area (Å²) in [4.78, 5) is 14.8. The van der Waals surface area contributed by atoms with Gasteiger partial charge < -0.3 is 14.8 Å². The van der Waals surface area contributed by atoms with Crippen LogP contribution in [0, 0.1) is 24.2 Å². The first-order valence-electron chi connectivity index (χ1n) is 8.12. The molecule has 4 atom stereocenters. The van der Waals surface area contributed by atoms with Crippen LogP contribution < -0.4 is 14.8 Å². The molecule has 0 aromatic heterocycles. The van der Waals surface area contributed by atoms with Crippen molar-refractivity contribution in [2.24, 2.45) is 11.8 Å². The third-order valence-electron chi connectivity index (χ3n) is 5.23. The number of hydrogen-bond acceptors (Lipinski definition) is 4. The van der Waals surface area contributed by atoms with Crippen LogP contribution in [0.2, 0.25) is 0 Å². The van der Waals surface area contributed by atoms with Gasteiger partial charge in [-0.15, -0.1) is 12.3 Å². The van der Waals surface area contributed by atoms with Gasteiger partial charge in [-0.3, -0.25) is 9.69 Å². The van der Waals surface area contributed by atoms with Gasteiger partial charge in [-0.1, -0.05) is 0 Å². The molecule has 4 unspecified atom stereocenters. The highest BCUT2D eigenvalue weighted by Gasteiger charge is 2.39. The van der Waals surface area contributed by atoms with Gasteiger partial charge in [0.05, 0.1) is 0 Å². The number of nitrogens with zero attached hydrogens (tertiary/aromatic N) is 1. The van der Waals surface area contributed by atoms with E-state index in [0.29, 0.717) is 41.5 Å². The fourth-order valence-electron chi connectivity index (χ4n) is 3.89. The molecule has 5 nitrogen and oxygen atoms in total. The molecule has 4 aliphatic heterocycles. The number of piperidine rings is 3. The molecule has 0 radical (unpaired) electrons. The number of ether oxygens (including phenoxy) is 2. The molecule has 1 N–H and O–H groups in total. The fourth-order valence-corrected chi connectivity index (χ4v) is 3.89. The minimum absolute atomic E-state index is 0.0700. The molecule has 3 saturated heterocycles. The molecular weight excluding hydrogens is 292 g/mol. The molecule has 23 heavy (non-hydrogen) atoms. The van der Waals surface area contributed by atoms with Crippen molar-refractivity contribution in [2.75, 3.05) is 26.4 Å². The Bertz CT molecular complexity index is 667. The summed E-state index contributed by atoms with van der Waals surface area (Å²) in [6.45, 7) is 2.94. The lowest BCUT2D eigenvalue weighted by molar-refractivity contribution is 0.0227. The molecule has 5 heteroatoms. The molecule has 120 valence electrons. The number of hydrogen-bond donors (Lipinski definition) is 1. The highest BCUT2D eigenvalue weighted by atomic mass is 16.7. The van der Waals surface area contributed by atoms with Gasteiger partial charge >= 0.3 is 0 Å². The molecule has 0 aliphatic carbocycles. The Morgan fingerprint density at radius 3 is 3.04 bits per heavy atom. The van der Waals surface area contributed by atoms with Crippen LogP contribution in [0.25, 0.3) is 0 Å². The highest BCUT2D eigenvalue weighted by molar-refractivity contribution is 5.94. The molecular formula is C18H20N2O3. The van der Waals surface area contributed by atoms with E-state index in [2.05, 4.69) is 16.1 Å². The van der Waals surface area contributed by atoms with Crippen LogP contribution in [0.1, 0.15) is 23.2 Å². The van der Waals surface area contributed by atoms with Crippen molar-refractivity contribution >= 4 is 5.91 Å². The molecule has 1 aromatic carbocycles. The van der Waals surface area contributed by atoms with Gasteiger partial charge in [0.2, 0.25) is 6.79 Å². The lowest BCUT2D eigenvalue weighted by atomic mass is 9.76. The van der Waals surface area contributed by atoms with Crippen molar-refractivity contribution in [1.29, 1.82) is 0 Å². The van der Waals surface area contributed by atoms with E-state index in [4.69, 9.17) is 15.9 Å². The Labute approximate surface area is 135 Å². The topological polar surface area (TPSA) is 50.8 Å². The van der Waals surface area contributed by atoms with Crippen LogP contribution in [-0.4, -0.2) is 43.3 Å². The zero-order valence-corrected chi connectivity index (χ0v) is 13.0. The number of terminal acetylenes is 1. The van der Waals surface area contributed by atoms with Crippen LogP contribution in [0.15, 0.2) is 18.2 Å². The van der Waals surface area contributed by atoms with Crippen molar-refractivity contribution in [3.05, 3.63) is 23.8 Å². The number of fused-ring (bicyclic) bond motifs is 4. The van der Waals surface area contributed by atoms with Crippen molar-refractivity contribution in [2.45, 2.75) is 18.9 Å². The summed E-state index contributed by atoms with van der Waals surface area (Å²) >= 11 is 0. The summed E-state index contributed by atoms with van der Waals surface area (Å²) in [5.74, 6) is 5.16. The average Bonchev–Trinajstić information content (AvgIpc) is 3.07. The van der Waals surface area contributed by atoms with E-state index in [1.807, 2.05) is 0 Å². The summed E-state index contributed by atoms with van der Waals surface area (Å²) in [6.07, 6.45) is 7.87. The average molecular weight is 312 g/mol. The molecule has 1 amide bonds. The van der Waals surface area contributed by atoms with E-state index >= 15 is 0 Å². The number of amides is 1. The van der Waals surface area contributed by atoms with E-state index in [0.717, 1.165) is 19.5 Å². The van der Waals surface area contributed by atoms with E-state index in [-0.39, 0.29) is 12.7 Å². The van der Waals surface area contributed by atoms with Crippen molar-refractivity contribution in [1.82, 2.24) is 10.2 Å². The Morgan fingerprint density at radius 1 is 1.39 bits per heavy atom. The van der Waals surface area contributed by atoms with E-state index in [1.54, 1.807) is 18.2 Å². The highest BCUT2D eigenvalue weighted by Crippen LogP contribution is 2.36. The van der Waals surface area contributed by atoms with Gasteiger partial charge in [-0.25, -0.2) is 0 Å². The van der Waals surface area contributed by atoms with Crippen LogP contribution in [0.5, 0.6) is 11.5 Å². The normalized spacial score (nSPS) is 30.7. The summed E-state index contributed by atoms with van der Waals surface area (Å²) in [7, 11) is 0. The van der Waals surface area contributed by atoms with Crippen molar-refractivity contribution in [3.63, 3.8) is 0 Å². The Balaban J connectivity index is 1.36. The van der Waals surface area contributed by atoms with Gasteiger partial charge in [0, 0.05) is 30.6 Å². The number of rotatable bonds is 3. The molecule has 0 spiro atoms. The SMILES string of the molecule is C#CC1CN2CCC1CC2CNC(=O)c1ccc2c(c1)OCO2. The molecule has 1 aromatic rings. The third-order valence-corrected chi connectivity index (χ3v) is 5.23. The van der Waals surface area contributed by atoms with Crippen LogP contribution in [0.4, 0.5) is 0 Å². The monoisotopic (exact) mass is 312 g/mol. The minimum Gasteiger partial charge on any atom is -0.454 e. The first kappa shape index (κ1) is 14.4. The second-order valence-corrected chi connectivity index (χ2v) is 6.48. The zero-order chi connectivity index (χ0) is 15.8. The predicted molar refractivity (Wildman–Crippen MR) is 85.3 cm³/mol. The van der Waals surface area contributed by atoms with Crippen LogP contribution >= 0.6 is 0 Å². The Hall–Kier alpha value is -2.19. The number of carbonyl (C=O) groups is 1. The molecule has 5 rings (SSSR count). The maximum Gasteiger partial charge on any atom is 0.251 e. The van der Waals surface area contributed by atoms with Gasteiger partial charge in [-0.05, 0) is 43.5 Å². The predicted octanol–water partition coefficient (Wildman–Crippen LogP) is 1.49. The third kappa shape index (κ3) is 2.64. The number of carbonyl (C=O) groups excluding carboxylic acids is 1. The van der Waals surface area contributed by atoms with Gasteiger partial charge in [0.15, 0.2) is 11.5 Å². The second-order valence-electron chi connectivity index (χ2n) is 6.48. The quantitative estimate of drug-likeness (QED) is 0.859. The Kier molecular flexibility index (Phi) is 3.62. The lowest BCUT2D eigenvalue weighted by Gasteiger charge is -2.48. The van der Waals surface area contributed by atoms with Crippen molar-refractivity contribution in [3.8, 4) is 23.8 Å². The number of benzene rings is 1. The van der Waals surface area contributed by atoms with Gasteiger partial charge in [0.25, 0.3) is 5.91 Å². The molecule has 3 fully saturated rings. The molecule has 4 heterocycles. The molecule has 4 aliphatic rings. The van der Waals surface area contributed by atoms with E-state index in [9.17, 15) is 4.79 Å². The summed E-state index contributed by atoms with van der Waals surface area (Å²) < 4.78 is 10.6. The molecule has 0 saturated carbocycles. The standard InChI is InChI=1S/C18H20N2O3/c1-2-12-10-20-6-5-13(12)7-15(20)9-19-18(21)14-3-4-16-17(8-14)23-11-22-16/h1,3-4,8,12-13,15H,5-7,9-11H2,(H,19,21).